The molecule has 0 spiro atoms. The summed E-state index contributed by atoms with van der Waals surface area (Å²) < 4.78 is 5.29. The van der Waals surface area contributed by atoms with E-state index in [0.717, 1.165) is 48.3 Å². The summed E-state index contributed by atoms with van der Waals surface area (Å²) in [4.78, 5) is 2.19. The molecule has 2 unspecified atom stereocenters. The minimum Gasteiger partial charge on any atom is -0.497 e. The molecule has 0 amide bonds. The molecule has 30 heavy (non-hydrogen) atoms. The molecule has 0 heterocycles. The van der Waals surface area contributed by atoms with Gasteiger partial charge in [0, 0.05) is 12.5 Å². The van der Waals surface area contributed by atoms with Gasteiger partial charge in [0.15, 0.2) is 0 Å². The van der Waals surface area contributed by atoms with Gasteiger partial charge >= 0.3 is 0 Å². The number of aliphatic hydroxyl groups is 1. The molecule has 0 radical (unpaired) electrons. The predicted molar refractivity (Wildman–Crippen MR) is 126 cm³/mol. The van der Waals surface area contributed by atoms with Crippen LogP contribution >= 0.6 is 0 Å². The summed E-state index contributed by atoms with van der Waals surface area (Å²) in [5, 5.41) is 12.2. The number of hydrogen-bond acceptors (Lipinski definition) is 3. The van der Waals surface area contributed by atoms with Gasteiger partial charge in [-0.15, -0.1) is 0 Å². The van der Waals surface area contributed by atoms with Crippen LogP contribution in [-0.4, -0.2) is 37.8 Å². The largest absolute Gasteiger partial charge is 0.497 e. The highest BCUT2D eigenvalue weighted by atomic mass is 16.5. The van der Waals surface area contributed by atoms with E-state index in [4.69, 9.17) is 4.74 Å². The molecular weight excluding hydrogens is 370 g/mol. The number of rotatable bonds is 5. The first-order chi connectivity index (χ1) is 14.1. The van der Waals surface area contributed by atoms with Crippen molar-refractivity contribution in [3.05, 3.63) is 70.8 Å². The highest BCUT2D eigenvalue weighted by Gasteiger charge is 2.44. The molecule has 1 saturated carbocycles. The lowest BCUT2D eigenvalue weighted by atomic mass is 9.67. The molecule has 1 fully saturated rings. The molecule has 1 aliphatic carbocycles. The van der Waals surface area contributed by atoms with Gasteiger partial charge in [0.05, 0.1) is 7.11 Å². The smallest absolute Gasteiger partial charge is 0.118 e. The Morgan fingerprint density at radius 1 is 1.07 bits per heavy atom. The monoisotopic (exact) mass is 407 g/mol. The van der Waals surface area contributed by atoms with Gasteiger partial charge in [-0.3, -0.25) is 0 Å². The second-order valence-corrected chi connectivity index (χ2v) is 9.89. The van der Waals surface area contributed by atoms with Gasteiger partial charge in [-0.25, -0.2) is 0 Å². The summed E-state index contributed by atoms with van der Waals surface area (Å²) in [6, 6.07) is 16.7. The fraction of sp³-hybridized carbons (Fsp3) is 0.481. The van der Waals surface area contributed by atoms with Gasteiger partial charge in [0.1, 0.15) is 11.4 Å². The maximum atomic E-state index is 12.2. The van der Waals surface area contributed by atoms with E-state index in [0.29, 0.717) is 0 Å². The zero-order valence-electron chi connectivity index (χ0n) is 19.4. The lowest BCUT2D eigenvalue weighted by Crippen LogP contribution is -2.44. The van der Waals surface area contributed by atoms with Crippen LogP contribution in [0.4, 0.5) is 0 Å². The Balaban J connectivity index is 2.06. The van der Waals surface area contributed by atoms with Gasteiger partial charge in [-0.1, -0.05) is 63.2 Å². The van der Waals surface area contributed by atoms with Crippen LogP contribution in [0.2, 0.25) is 0 Å². The summed E-state index contributed by atoms with van der Waals surface area (Å²) >= 11 is 0. The van der Waals surface area contributed by atoms with Gasteiger partial charge in [-0.05, 0) is 73.2 Å². The zero-order valence-corrected chi connectivity index (χ0v) is 19.4. The Morgan fingerprint density at radius 3 is 2.23 bits per heavy atom. The quantitative estimate of drug-likeness (QED) is 0.698. The van der Waals surface area contributed by atoms with Crippen molar-refractivity contribution in [2.24, 2.45) is 5.92 Å². The third kappa shape index (κ3) is 4.79. The minimum atomic E-state index is -0.959. The highest BCUT2D eigenvalue weighted by molar-refractivity contribution is 5.58. The van der Waals surface area contributed by atoms with E-state index in [1.807, 2.05) is 12.1 Å². The van der Waals surface area contributed by atoms with Crippen LogP contribution in [0.5, 0.6) is 5.75 Å². The fourth-order valence-electron chi connectivity index (χ4n) is 4.59. The molecule has 2 atom stereocenters. The Hall–Kier alpha value is -2.10. The van der Waals surface area contributed by atoms with Crippen LogP contribution < -0.4 is 4.74 Å². The molecule has 3 nitrogen and oxygen atoms in total. The summed E-state index contributed by atoms with van der Waals surface area (Å²) in [6.07, 6.45) is 5.21. The van der Waals surface area contributed by atoms with Crippen molar-refractivity contribution in [1.82, 2.24) is 4.90 Å². The Labute approximate surface area is 182 Å². The van der Waals surface area contributed by atoms with Crippen molar-refractivity contribution in [3.63, 3.8) is 0 Å². The first-order valence-electron chi connectivity index (χ1n) is 11.0. The Bertz CT molecular complexity index is 859. The topological polar surface area (TPSA) is 32.7 Å². The predicted octanol–water partition coefficient (Wildman–Crippen LogP) is 5.63. The van der Waals surface area contributed by atoms with Crippen molar-refractivity contribution < 1.29 is 9.84 Å². The molecule has 2 aromatic carbocycles. The molecule has 0 aromatic heterocycles. The van der Waals surface area contributed by atoms with E-state index in [2.05, 4.69) is 82.2 Å². The SMILES string of the molecule is COc1ccc(C=C2CCCC(CN(C)C)C2(O)c2ccc(C(C)(C)C)cc2)cc1. The molecule has 0 bridgehead atoms. The van der Waals surface area contributed by atoms with Crippen molar-refractivity contribution in [3.8, 4) is 5.75 Å². The standard InChI is InChI=1S/C27H37NO2/c1-26(2,3)21-12-14-22(15-13-21)27(29)23(8-7-9-24(27)19-28(4)5)18-20-10-16-25(30-6)17-11-20/h10-18,24,29H,7-9,19H2,1-6H3. The number of hydrogen-bond donors (Lipinski definition) is 1. The van der Waals surface area contributed by atoms with E-state index < -0.39 is 5.60 Å². The van der Waals surface area contributed by atoms with Crippen LogP contribution in [0.25, 0.3) is 6.08 Å². The third-order valence-electron chi connectivity index (χ3n) is 6.31. The van der Waals surface area contributed by atoms with Crippen LogP contribution in [0, 0.1) is 5.92 Å². The number of ether oxygens (including phenoxy) is 1. The van der Waals surface area contributed by atoms with Crippen molar-refractivity contribution in [2.75, 3.05) is 27.7 Å². The Morgan fingerprint density at radius 2 is 1.70 bits per heavy atom. The van der Waals surface area contributed by atoms with Crippen LogP contribution in [-0.2, 0) is 11.0 Å². The average Bonchev–Trinajstić information content (AvgIpc) is 2.71. The second kappa shape index (κ2) is 8.95. The molecule has 3 rings (SSSR count). The Kier molecular flexibility index (Phi) is 6.74. The van der Waals surface area contributed by atoms with Crippen LogP contribution in [0.1, 0.15) is 56.7 Å². The lowest BCUT2D eigenvalue weighted by Gasteiger charge is -2.44. The van der Waals surface area contributed by atoms with E-state index >= 15 is 0 Å². The fourth-order valence-corrected chi connectivity index (χ4v) is 4.59. The molecular formula is C27H37NO2. The van der Waals surface area contributed by atoms with Gasteiger partial charge < -0.3 is 14.7 Å². The third-order valence-corrected chi connectivity index (χ3v) is 6.31. The van der Waals surface area contributed by atoms with E-state index in [-0.39, 0.29) is 11.3 Å². The minimum absolute atomic E-state index is 0.0957. The van der Waals surface area contributed by atoms with Gasteiger partial charge in [-0.2, -0.15) is 0 Å². The normalized spacial score (nSPS) is 23.7. The van der Waals surface area contributed by atoms with Crippen molar-refractivity contribution >= 4 is 6.08 Å². The lowest BCUT2D eigenvalue weighted by molar-refractivity contribution is -0.0174. The first-order valence-corrected chi connectivity index (χ1v) is 11.0. The molecule has 162 valence electrons. The summed E-state index contributed by atoms with van der Waals surface area (Å²) in [5.41, 5.74) is 3.63. The first kappa shape index (κ1) is 22.6. The summed E-state index contributed by atoms with van der Waals surface area (Å²) in [7, 11) is 5.86. The molecule has 2 aromatic rings. The molecule has 3 heteroatoms. The van der Waals surface area contributed by atoms with Crippen molar-refractivity contribution in [1.29, 1.82) is 0 Å². The van der Waals surface area contributed by atoms with E-state index in [9.17, 15) is 5.11 Å². The van der Waals surface area contributed by atoms with E-state index in [1.54, 1.807) is 7.11 Å². The molecule has 1 aliphatic rings. The summed E-state index contributed by atoms with van der Waals surface area (Å²) in [5.74, 6) is 1.01. The average molecular weight is 408 g/mol. The maximum absolute atomic E-state index is 12.2. The van der Waals surface area contributed by atoms with Gasteiger partial charge in [0.2, 0.25) is 0 Å². The van der Waals surface area contributed by atoms with Crippen molar-refractivity contribution in [2.45, 2.75) is 51.0 Å². The zero-order chi connectivity index (χ0) is 21.9. The number of nitrogens with zero attached hydrogens (tertiary/aromatic N) is 1. The molecule has 0 saturated heterocycles. The van der Waals surface area contributed by atoms with Crippen LogP contribution in [0.15, 0.2) is 54.1 Å². The van der Waals surface area contributed by atoms with E-state index in [1.165, 1.54) is 5.56 Å². The number of methoxy groups -OCH3 is 1. The highest BCUT2D eigenvalue weighted by Crippen LogP contribution is 2.46. The number of benzene rings is 2. The maximum Gasteiger partial charge on any atom is 0.118 e. The molecule has 1 N–H and O–H groups in total. The second-order valence-electron chi connectivity index (χ2n) is 9.89. The molecule has 0 aliphatic heterocycles. The summed E-state index contributed by atoms with van der Waals surface area (Å²) in [6.45, 7) is 7.53. The van der Waals surface area contributed by atoms with Gasteiger partial charge in [0.25, 0.3) is 0 Å². The van der Waals surface area contributed by atoms with Crippen LogP contribution in [0.3, 0.4) is 0 Å².